The lowest BCUT2D eigenvalue weighted by molar-refractivity contribution is 0.0995. The molecule has 0 saturated carbocycles. The molecule has 1 aromatic heterocycles. The fourth-order valence-corrected chi connectivity index (χ4v) is 2.52. The highest BCUT2D eigenvalue weighted by atomic mass is 32.2. The number of aromatic nitrogens is 2. The fourth-order valence-electron chi connectivity index (χ4n) is 1.77. The van der Waals surface area contributed by atoms with Gasteiger partial charge in [0.1, 0.15) is 0 Å². The number of benzene rings is 1. The van der Waals surface area contributed by atoms with Crippen LogP contribution in [0.5, 0.6) is 0 Å². The van der Waals surface area contributed by atoms with Crippen molar-refractivity contribution in [2.75, 3.05) is 10.6 Å². The lowest BCUT2D eigenvalue weighted by Gasteiger charge is -2.10. The first kappa shape index (κ1) is 16.9. The van der Waals surface area contributed by atoms with Crippen molar-refractivity contribution in [3.05, 3.63) is 36.2 Å². The number of carbonyl (C=O) groups is 1. The van der Waals surface area contributed by atoms with Crippen LogP contribution in [0.3, 0.4) is 0 Å². The van der Waals surface area contributed by atoms with Crippen molar-refractivity contribution in [1.29, 1.82) is 0 Å². The summed E-state index contributed by atoms with van der Waals surface area (Å²) in [6.07, 6.45) is 1.55. The van der Waals surface area contributed by atoms with Crippen LogP contribution in [0.15, 0.2) is 35.4 Å². The summed E-state index contributed by atoms with van der Waals surface area (Å²) in [5, 5.41) is 14.8. The van der Waals surface area contributed by atoms with Crippen LogP contribution in [0.2, 0.25) is 0 Å². The Hall–Kier alpha value is -2.50. The zero-order valence-electron chi connectivity index (χ0n) is 12.0. The van der Waals surface area contributed by atoms with Gasteiger partial charge in [0.15, 0.2) is 10.8 Å². The van der Waals surface area contributed by atoms with Crippen molar-refractivity contribution in [2.45, 2.75) is 4.90 Å². The minimum Gasteiger partial charge on any atom is -0.364 e. The molecule has 2 aromatic rings. The Morgan fingerprint density at radius 3 is 2.39 bits per heavy atom. The molecule has 0 radical (unpaired) electrons. The van der Waals surface area contributed by atoms with E-state index >= 15 is 0 Å². The number of rotatable bonds is 4. The molecule has 0 unspecified atom stereocenters. The van der Waals surface area contributed by atoms with Crippen molar-refractivity contribution >= 4 is 44.6 Å². The molecule has 23 heavy (non-hydrogen) atoms. The van der Waals surface area contributed by atoms with Gasteiger partial charge in [0.2, 0.25) is 10.0 Å². The third-order valence-electron chi connectivity index (χ3n) is 2.75. The van der Waals surface area contributed by atoms with Gasteiger partial charge in [0.05, 0.1) is 10.6 Å². The molecule has 11 heteroatoms. The molecule has 0 spiro atoms. The molecule has 0 saturated heterocycles. The molecular weight excluding hydrogens is 340 g/mol. The summed E-state index contributed by atoms with van der Waals surface area (Å²) in [5.74, 6) is -0.687. The normalized spacial score (nSPS) is 11.0. The number of primary sulfonamides is 1. The summed E-state index contributed by atoms with van der Waals surface area (Å²) in [6, 6.07) is 5.70. The number of carbonyl (C=O) groups excluding carboxylic acids is 1. The highest BCUT2D eigenvalue weighted by molar-refractivity contribution is 7.89. The van der Waals surface area contributed by atoms with Crippen molar-refractivity contribution in [3.63, 3.8) is 0 Å². The Bertz CT molecular complexity index is 857. The van der Waals surface area contributed by atoms with Crippen LogP contribution in [-0.4, -0.2) is 29.2 Å². The maximum Gasteiger partial charge on any atom is 0.271 e. The van der Waals surface area contributed by atoms with E-state index in [0.29, 0.717) is 11.4 Å². The number of thiocarbonyl (C=S) groups is 1. The number of anilines is 2. The average molecular weight is 354 g/mol. The van der Waals surface area contributed by atoms with Crippen molar-refractivity contribution < 1.29 is 13.2 Å². The van der Waals surface area contributed by atoms with E-state index in [4.69, 9.17) is 23.1 Å². The predicted octanol–water partition coefficient (Wildman–Crippen LogP) is -0.0247. The van der Waals surface area contributed by atoms with Gasteiger partial charge in [-0.2, -0.15) is 5.10 Å². The van der Waals surface area contributed by atoms with E-state index < -0.39 is 15.9 Å². The zero-order valence-corrected chi connectivity index (χ0v) is 13.6. The van der Waals surface area contributed by atoms with Gasteiger partial charge >= 0.3 is 0 Å². The maximum atomic E-state index is 11.3. The Morgan fingerprint density at radius 1 is 1.26 bits per heavy atom. The second kappa shape index (κ2) is 6.32. The minimum absolute atomic E-state index is 0.00907. The Morgan fingerprint density at radius 2 is 1.87 bits per heavy atom. The van der Waals surface area contributed by atoms with Crippen molar-refractivity contribution in [2.24, 2.45) is 17.9 Å². The number of primary amides is 1. The Labute approximate surface area is 137 Å². The number of amides is 1. The van der Waals surface area contributed by atoms with Gasteiger partial charge in [-0.1, -0.05) is 0 Å². The summed E-state index contributed by atoms with van der Waals surface area (Å²) < 4.78 is 23.8. The number of sulfonamides is 1. The number of nitrogens with one attached hydrogen (secondary N) is 2. The fraction of sp³-hybridized carbons (Fsp3) is 0.0833. The number of nitrogens with zero attached hydrogens (tertiary/aromatic N) is 2. The topological polar surface area (TPSA) is 145 Å². The van der Waals surface area contributed by atoms with E-state index in [1.165, 1.54) is 28.9 Å². The first-order valence-corrected chi connectivity index (χ1v) is 8.16. The first-order valence-electron chi connectivity index (χ1n) is 6.21. The smallest absolute Gasteiger partial charge is 0.271 e. The molecule has 1 amide bonds. The van der Waals surface area contributed by atoms with Crippen LogP contribution < -0.4 is 21.5 Å². The van der Waals surface area contributed by atoms with Gasteiger partial charge < -0.3 is 16.4 Å². The molecule has 1 aromatic carbocycles. The summed E-state index contributed by atoms with van der Waals surface area (Å²) in [6.45, 7) is 0. The second-order valence-electron chi connectivity index (χ2n) is 4.58. The molecule has 9 nitrogen and oxygen atoms in total. The molecule has 0 aliphatic carbocycles. The molecule has 0 fully saturated rings. The summed E-state index contributed by atoms with van der Waals surface area (Å²) in [4.78, 5) is 11.3. The van der Waals surface area contributed by atoms with Crippen LogP contribution >= 0.6 is 12.2 Å². The first-order chi connectivity index (χ1) is 10.7. The molecule has 0 aliphatic heterocycles. The third-order valence-corrected chi connectivity index (χ3v) is 3.88. The molecule has 6 N–H and O–H groups in total. The lowest BCUT2D eigenvalue weighted by Crippen LogP contribution is -2.22. The van der Waals surface area contributed by atoms with Crippen LogP contribution in [0, 0.1) is 0 Å². The predicted molar refractivity (Wildman–Crippen MR) is 89.4 cm³/mol. The molecular formula is C12H14N6O3S2. The van der Waals surface area contributed by atoms with Gasteiger partial charge in [0, 0.05) is 18.9 Å². The number of aryl methyl sites for hydroxylation is 1. The third kappa shape index (κ3) is 4.25. The molecule has 122 valence electrons. The van der Waals surface area contributed by atoms with Crippen LogP contribution in [-0.2, 0) is 17.1 Å². The van der Waals surface area contributed by atoms with Crippen LogP contribution in [0.25, 0.3) is 0 Å². The van der Waals surface area contributed by atoms with E-state index in [1.807, 2.05) is 0 Å². The van der Waals surface area contributed by atoms with Gasteiger partial charge in [-0.25, -0.2) is 13.6 Å². The van der Waals surface area contributed by atoms with E-state index in [1.54, 1.807) is 13.2 Å². The SMILES string of the molecule is Cn1cc(NC(=S)Nc2ccc(S(N)(=O)=O)cc2)c(C(N)=O)n1. The summed E-state index contributed by atoms with van der Waals surface area (Å²) in [5.41, 5.74) is 6.18. The van der Waals surface area contributed by atoms with Crippen molar-refractivity contribution in [3.8, 4) is 0 Å². The number of hydrogen-bond acceptors (Lipinski definition) is 5. The lowest BCUT2D eigenvalue weighted by atomic mass is 10.3. The molecule has 0 aliphatic rings. The zero-order chi connectivity index (χ0) is 17.2. The van der Waals surface area contributed by atoms with Gasteiger partial charge in [-0.05, 0) is 36.5 Å². The largest absolute Gasteiger partial charge is 0.364 e. The maximum absolute atomic E-state index is 11.3. The Kier molecular flexibility index (Phi) is 4.63. The van der Waals surface area contributed by atoms with Gasteiger partial charge in [-0.3, -0.25) is 9.48 Å². The van der Waals surface area contributed by atoms with Gasteiger partial charge in [-0.15, -0.1) is 0 Å². The van der Waals surface area contributed by atoms with Crippen LogP contribution in [0.1, 0.15) is 10.5 Å². The van der Waals surface area contributed by atoms with E-state index in [-0.39, 0.29) is 15.7 Å². The highest BCUT2D eigenvalue weighted by Crippen LogP contribution is 2.15. The molecule has 2 rings (SSSR count). The van der Waals surface area contributed by atoms with Gasteiger partial charge in [0.25, 0.3) is 5.91 Å². The van der Waals surface area contributed by atoms with Crippen LogP contribution in [0.4, 0.5) is 11.4 Å². The van der Waals surface area contributed by atoms with Crippen molar-refractivity contribution in [1.82, 2.24) is 9.78 Å². The average Bonchev–Trinajstić information content (AvgIpc) is 2.79. The standard InChI is InChI=1S/C12H14N6O3S2/c1-18-6-9(10(17-18)11(13)19)16-12(22)15-7-2-4-8(5-3-7)23(14,20)21/h2-6H,1H3,(H2,13,19)(H2,14,20,21)(H2,15,16,22). The summed E-state index contributed by atoms with van der Waals surface area (Å²) in [7, 11) is -2.11. The van der Waals surface area contributed by atoms with E-state index in [2.05, 4.69) is 15.7 Å². The quantitative estimate of drug-likeness (QED) is 0.564. The number of hydrogen-bond donors (Lipinski definition) is 4. The van der Waals surface area contributed by atoms with E-state index in [9.17, 15) is 13.2 Å². The molecule has 0 atom stereocenters. The van der Waals surface area contributed by atoms with E-state index in [0.717, 1.165) is 0 Å². The number of nitrogens with two attached hydrogens (primary N) is 2. The minimum atomic E-state index is -3.75. The summed E-state index contributed by atoms with van der Waals surface area (Å²) >= 11 is 5.13. The second-order valence-corrected chi connectivity index (χ2v) is 6.55. The molecule has 1 heterocycles. The Balaban J connectivity index is 2.10. The highest BCUT2D eigenvalue weighted by Gasteiger charge is 2.14. The molecule has 0 bridgehead atoms. The monoisotopic (exact) mass is 354 g/mol.